The SMILES string of the molecule is O=C(O)[C@H]1CCC[C@@H]1C(=O)C1(Nc2nc3ccc(F)cc3s2)C=CC(c2ccccc2)C=C1. The Bertz CT molecular complexity index is 1250. The summed E-state index contributed by atoms with van der Waals surface area (Å²) in [5.41, 5.74) is 0.535. The Morgan fingerprint density at radius 1 is 1.06 bits per heavy atom. The molecular weight excluding hydrogens is 439 g/mol. The third kappa shape index (κ3) is 4.09. The van der Waals surface area contributed by atoms with Crippen molar-refractivity contribution in [1.82, 2.24) is 4.98 Å². The number of nitrogens with zero attached hydrogens (tertiary/aromatic N) is 1. The Hall–Kier alpha value is -3.32. The van der Waals surface area contributed by atoms with Crippen molar-refractivity contribution < 1.29 is 19.1 Å². The number of benzene rings is 2. The summed E-state index contributed by atoms with van der Waals surface area (Å²) in [4.78, 5) is 30.2. The minimum absolute atomic E-state index is 0.0113. The van der Waals surface area contributed by atoms with Crippen molar-refractivity contribution in [2.45, 2.75) is 30.7 Å². The normalized spacial score (nSPS) is 26.5. The average Bonchev–Trinajstić information content (AvgIpc) is 3.46. The average molecular weight is 463 g/mol. The van der Waals surface area contributed by atoms with Crippen LogP contribution in [0.1, 0.15) is 30.7 Å². The van der Waals surface area contributed by atoms with Gasteiger partial charge >= 0.3 is 5.97 Å². The number of Topliss-reactive ketones (excluding diaryl/α,β-unsaturated/α-hetero) is 1. The molecule has 5 rings (SSSR count). The third-order valence-electron chi connectivity index (χ3n) is 6.56. The van der Waals surface area contributed by atoms with Gasteiger partial charge in [-0.15, -0.1) is 0 Å². The van der Waals surface area contributed by atoms with Gasteiger partial charge in [0.25, 0.3) is 0 Å². The molecule has 2 aliphatic carbocycles. The van der Waals surface area contributed by atoms with Gasteiger partial charge in [0.2, 0.25) is 0 Å². The standard InChI is InChI=1S/C26H23FN2O3S/c27-18-9-10-21-22(15-18)33-25(28-21)29-26(23(30)19-7-4-8-20(19)24(31)32)13-11-17(12-14-26)16-5-2-1-3-6-16/h1-3,5-6,9-15,17,19-20H,4,7-8H2,(H,28,29)(H,31,32)/t17?,19-,20-,26?/m0/s1. The molecule has 1 heterocycles. The van der Waals surface area contributed by atoms with E-state index in [1.165, 1.54) is 23.5 Å². The van der Waals surface area contributed by atoms with Gasteiger partial charge in [-0.05, 0) is 36.6 Å². The van der Waals surface area contributed by atoms with Gasteiger partial charge in [-0.1, -0.05) is 72.4 Å². The van der Waals surface area contributed by atoms with Gasteiger partial charge in [0.15, 0.2) is 10.9 Å². The van der Waals surface area contributed by atoms with E-state index >= 15 is 0 Å². The molecule has 0 amide bonds. The number of fused-ring (bicyclic) bond motifs is 1. The number of hydrogen-bond acceptors (Lipinski definition) is 5. The monoisotopic (exact) mass is 462 g/mol. The third-order valence-corrected chi connectivity index (χ3v) is 7.49. The molecule has 168 valence electrons. The minimum atomic E-state index is -1.21. The zero-order chi connectivity index (χ0) is 23.0. The Morgan fingerprint density at radius 3 is 2.52 bits per heavy atom. The fraction of sp³-hybridized carbons (Fsp3) is 0.269. The molecule has 2 N–H and O–H groups in total. The van der Waals surface area contributed by atoms with E-state index in [4.69, 9.17) is 0 Å². The number of halogens is 1. The van der Waals surface area contributed by atoms with Crippen molar-refractivity contribution in [3.63, 3.8) is 0 Å². The lowest BCUT2D eigenvalue weighted by Crippen LogP contribution is -2.48. The maximum absolute atomic E-state index is 13.8. The van der Waals surface area contributed by atoms with E-state index in [9.17, 15) is 19.1 Å². The lowest BCUT2D eigenvalue weighted by molar-refractivity contribution is -0.146. The first-order valence-corrected chi connectivity index (χ1v) is 11.8. The summed E-state index contributed by atoms with van der Waals surface area (Å²) < 4.78 is 14.3. The van der Waals surface area contributed by atoms with Crippen LogP contribution in [0.5, 0.6) is 0 Å². The molecule has 7 heteroatoms. The first-order valence-electron chi connectivity index (χ1n) is 11.0. The predicted octanol–water partition coefficient (Wildman–Crippen LogP) is 5.57. The molecule has 0 unspecified atom stereocenters. The molecule has 0 radical (unpaired) electrons. The topological polar surface area (TPSA) is 79.3 Å². The van der Waals surface area contributed by atoms with Crippen LogP contribution in [0, 0.1) is 17.7 Å². The van der Waals surface area contributed by atoms with Crippen molar-refractivity contribution in [2.24, 2.45) is 11.8 Å². The van der Waals surface area contributed by atoms with E-state index in [1.807, 2.05) is 54.6 Å². The number of thiazole rings is 1. The van der Waals surface area contributed by atoms with Crippen LogP contribution in [0.2, 0.25) is 0 Å². The highest BCUT2D eigenvalue weighted by molar-refractivity contribution is 7.22. The number of carbonyl (C=O) groups is 2. The zero-order valence-corrected chi connectivity index (χ0v) is 18.6. The highest BCUT2D eigenvalue weighted by Gasteiger charge is 2.46. The highest BCUT2D eigenvalue weighted by atomic mass is 32.1. The van der Waals surface area contributed by atoms with Crippen LogP contribution in [-0.4, -0.2) is 27.4 Å². The quantitative estimate of drug-likeness (QED) is 0.469. The van der Waals surface area contributed by atoms with Crippen molar-refractivity contribution >= 4 is 38.4 Å². The molecule has 2 aliphatic rings. The number of anilines is 1. The fourth-order valence-corrected chi connectivity index (χ4v) is 5.80. The molecule has 3 aromatic rings. The Balaban J connectivity index is 1.51. The van der Waals surface area contributed by atoms with E-state index < -0.39 is 23.3 Å². The summed E-state index contributed by atoms with van der Waals surface area (Å²) in [6.45, 7) is 0. The zero-order valence-electron chi connectivity index (χ0n) is 17.8. The molecule has 0 bridgehead atoms. The van der Waals surface area contributed by atoms with Crippen molar-refractivity contribution in [1.29, 1.82) is 0 Å². The second-order valence-electron chi connectivity index (χ2n) is 8.63. The van der Waals surface area contributed by atoms with Gasteiger partial charge in [-0.25, -0.2) is 9.37 Å². The Morgan fingerprint density at radius 2 is 1.79 bits per heavy atom. The first-order chi connectivity index (χ1) is 15.9. The summed E-state index contributed by atoms with van der Waals surface area (Å²) in [7, 11) is 0. The highest BCUT2D eigenvalue weighted by Crippen LogP contribution is 2.40. The number of allylic oxidation sites excluding steroid dienone is 2. The van der Waals surface area contributed by atoms with Crippen molar-refractivity contribution in [2.75, 3.05) is 5.32 Å². The lowest BCUT2D eigenvalue weighted by atomic mass is 9.76. The van der Waals surface area contributed by atoms with Gasteiger partial charge in [0.1, 0.15) is 11.4 Å². The summed E-state index contributed by atoms with van der Waals surface area (Å²) in [6.07, 6.45) is 9.37. The molecule has 0 spiro atoms. The van der Waals surface area contributed by atoms with Crippen LogP contribution in [-0.2, 0) is 9.59 Å². The smallest absolute Gasteiger partial charge is 0.307 e. The maximum Gasteiger partial charge on any atom is 0.307 e. The van der Waals surface area contributed by atoms with E-state index in [0.29, 0.717) is 34.6 Å². The molecule has 33 heavy (non-hydrogen) atoms. The van der Waals surface area contributed by atoms with Gasteiger partial charge in [-0.2, -0.15) is 0 Å². The molecule has 2 aromatic carbocycles. The Labute approximate surface area is 194 Å². The minimum Gasteiger partial charge on any atom is -0.481 e. The number of carboxylic acid groups (broad SMARTS) is 1. The van der Waals surface area contributed by atoms with E-state index in [2.05, 4.69) is 10.3 Å². The van der Waals surface area contributed by atoms with E-state index in [-0.39, 0.29) is 17.5 Å². The summed E-state index contributed by atoms with van der Waals surface area (Å²) in [5, 5.41) is 13.4. The molecule has 1 aromatic heterocycles. The Kier molecular flexibility index (Phi) is 5.58. The number of carboxylic acids is 1. The molecule has 2 atom stereocenters. The number of aliphatic carboxylic acids is 1. The van der Waals surface area contributed by atoms with E-state index in [0.717, 1.165) is 5.56 Å². The second kappa shape index (κ2) is 8.56. The van der Waals surface area contributed by atoms with Crippen LogP contribution in [0.25, 0.3) is 10.2 Å². The van der Waals surface area contributed by atoms with E-state index in [1.54, 1.807) is 6.07 Å². The number of rotatable bonds is 6. The number of aromatic nitrogens is 1. The fourth-order valence-electron chi connectivity index (χ4n) is 4.84. The van der Waals surface area contributed by atoms with Gasteiger partial charge in [0, 0.05) is 11.8 Å². The summed E-state index contributed by atoms with van der Waals surface area (Å²) in [5.74, 6) is -2.70. The van der Waals surface area contributed by atoms with Gasteiger partial charge in [0.05, 0.1) is 16.1 Å². The molecule has 1 saturated carbocycles. The van der Waals surface area contributed by atoms with Crippen LogP contribution in [0.4, 0.5) is 9.52 Å². The van der Waals surface area contributed by atoms with Crippen LogP contribution in [0.15, 0.2) is 72.8 Å². The molecular formula is C26H23FN2O3S. The van der Waals surface area contributed by atoms with Gasteiger partial charge < -0.3 is 10.4 Å². The summed E-state index contributed by atoms with van der Waals surface area (Å²) in [6, 6.07) is 14.3. The number of nitrogens with one attached hydrogen (secondary N) is 1. The number of hydrogen-bond donors (Lipinski definition) is 2. The second-order valence-corrected chi connectivity index (χ2v) is 9.66. The molecule has 5 nitrogen and oxygen atoms in total. The first kappa shape index (κ1) is 21.5. The van der Waals surface area contributed by atoms with Crippen LogP contribution < -0.4 is 5.32 Å². The number of ketones is 1. The van der Waals surface area contributed by atoms with Crippen LogP contribution in [0.3, 0.4) is 0 Å². The largest absolute Gasteiger partial charge is 0.481 e. The predicted molar refractivity (Wildman–Crippen MR) is 127 cm³/mol. The summed E-state index contributed by atoms with van der Waals surface area (Å²) >= 11 is 1.27. The molecule has 1 fully saturated rings. The van der Waals surface area contributed by atoms with Crippen molar-refractivity contribution in [3.8, 4) is 0 Å². The van der Waals surface area contributed by atoms with Crippen molar-refractivity contribution in [3.05, 3.63) is 84.2 Å². The number of carbonyl (C=O) groups excluding carboxylic acids is 1. The lowest BCUT2D eigenvalue weighted by Gasteiger charge is -2.34. The molecule has 0 aliphatic heterocycles. The van der Waals surface area contributed by atoms with Gasteiger partial charge in [-0.3, -0.25) is 9.59 Å². The maximum atomic E-state index is 13.8. The van der Waals surface area contributed by atoms with Crippen LogP contribution >= 0.6 is 11.3 Å². The molecule has 0 saturated heterocycles.